The minimum Gasteiger partial charge on any atom is -0.493 e. The second-order valence-electron chi connectivity index (χ2n) is 5.36. The fourth-order valence-electron chi connectivity index (χ4n) is 2.35. The first kappa shape index (κ1) is 21.8. The Bertz CT molecular complexity index is 565. The van der Waals surface area contributed by atoms with Crippen molar-refractivity contribution in [3.63, 3.8) is 0 Å². The van der Waals surface area contributed by atoms with E-state index in [1.807, 2.05) is 12.1 Å². The van der Waals surface area contributed by atoms with Gasteiger partial charge >= 0.3 is 12.1 Å². The van der Waals surface area contributed by atoms with Crippen LogP contribution < -0.4 is 19.5 Å². The quantitative estimate of drug-likeness (QED) is 0.806. The number of nitrogens with one attached hydrogen (secondary N) is 1. The van der Waals surface area contributed by atoms with Crippen molar-refractivity contribution >= 4 is 5.97 Å². The number of ether oxygens (including phenoxy) is 3. The number of carboxylic acids is 1. The first-order valence-electron chi connectivity index (χ1n) is 7.75. The molecule has 0 radical (unpaired) electrons. The number of carboxylic acid groups (broad SMARTS) is 1. The number of halogens is 3. The summed E-state index contributed by atoms with van der Waals surface area (Å²) in [6, 6.07) is 4.03. The van der Waals surface area contributed by atoms with Crippen molar-refractivity contribution < 1.29 is 37.3 Å². The largest absolute Gasteiger partial charge is 0.493 e. The van der Waals surface area contributed by atoms with Crippen molar-refractivity contribution in [1.82, 2.24) is 10.2 Å². The summed E-state index contributed by atoms with van der Waals surface area (Å²) in [4.78, 5) is 11.3. The third-order valence-corrected chi connectivity index (χ3v) is 3.58. The molecule has 2 rings (SSSR count). The third kappa shape index (κ3) is 6.60. The van der Waals surface area contributed by atoms with Crippen LogP contribution in [0.1, 0.15) is 5.56 Å². The number of aliphatic carboxylic acids is 1. The van der Waals surface area contributed by atoms with Crippen LogP contribution in [-0.4, -0.2) is 69.7 Å². The van der Waals surface area contributed by atoms with Gasteiger partial charge in [0, 0.05) is 32.7 Å². The zero-order chi connectivity index (χ0) is 19.7. The monoisotopic (exact) mass is 380 g/mol. The highest BCUT2D eigenvalue weighted by Gasteiger charge is 2.38. The van der Waals surface area contributed by atoms with Crippen LogP contribution in [-0.2, 0) is 11.3 Å². The van der Waals surface area contributed by atoms with Gasteiger partial charge in [-0.2, -0.15) is 13.2 Å². The van der Waals surface area contributed by atoms with Gasteiger partial charge in [0.15, 0.2) is 11.5 Å². The van der Waals surface area contributed by atoms with Crippen LogP contribution >= 0.6 is 0 Å². The van der Waals surface area contributed by atoms with E-state index < -0.39 is 12.1 Å². The molecule has 10 heteroatoms. The molecule has 0 atom stereocenters. The number of rotatable bonds is 5. The maximum Gasteiger partial charge on any atom is 0.490 e. The number of carbonyl (C=O) groups is 1. The number of benzene rings is 1. The van der Waals surface area contributed by atoms with Gasteiger partial charge in [-0.3, -0.25) is 4.90 Å². The highest BCUT2D eigenvalue weighted by Crippen LogP contribution is 2.38. The van der Waals surface area contributed by atoms with E-state index in [9.17, 15) is 13.2 Å². The Morgan fingerprint density at radius 2 is 1.58 bits per heavy atom. The first-order valence-corrected chi connectivity index (χ1v) is 7.75. The molecule has 0 amide bonds. The van der Waals surface area contributed by atoms with Gasteiger partial charge in [0.05, 0.1) is 21.3 Å². The average molecular weight is 380 g/mol. The molecule has 0 spiro atoms. The highest BCUT2D eigenvalue weighted by molar-refractivity contribution is 5.73. The molecule has 0 aromatic heterocycles. The van der Waals surface area contributed by atoms with Crippen molar-refractivity contribution in [2.24, 2.45) is 0 Å². The Kier molecular flexibility index (Phi) is 8.46. The highest BCUT2D eigenvalue weighted by atomic mass is 19.4. The number of methoxy groups -OCH3 is 3. The Morgan fingerprint density at radius 1 is 1.12 bits per heavy atom. The molecule has 1 aliphatic rings. The number of alkyl halides is 3. The fraction of sp³-hybridized carbons (Fsp3) is 0.562. The molecule has 0 bridgehead atoms. The SMILES string of the molecule is COc1cc(CN2CCNCC2)cc(OC)c1OC.O=C(O)C(F)(F)F. The summed E-state index contributed by atoms with van der Waals surface area (Å²) in [7, 11) is 4.91. The van der Waals surface area contributed by atoms with Gasteiger partial charge in [0.1, 0.15) is 0 Å². The number of hydrogen-bond donors (Lipinski definition) is 2. The zero-order valence-electron chi connectivity index (χ0n) is 14.9. The standard InChI is InChI=1S/C14H22N2O3.C2HF3O2/c1-17-12-8-11(9-13(18-2)14(12)19-3)10-16-6-4-15-5-7-16;3-2(4,5)1(6)7/h8-9,15H,4-7,10H2,1-3H3;(H,6,7). The molecule has 148 valence electrons. The van der Waals surface area contributed by atoms with E-state index >= 15 is 0 Å². The molecule has 1 aromatic rings. The van der Waals surface area contributed by atoms with Crippen LogP contribution in [0.15, 0.2) is 12.1 Å². The van der Waals surface area contributed by atoms with Gasteiger partial charge in [-0.25, -0.2) is 4.79 Å². The molecule has 1 saturated heterocycles. The van der Waals surface area contributed by atoms with Crippen molar-refractivity contribution in [3.8, 4) is 17.2 Å². The van der Waals surface area contributed by atoms with Crippen LogP contribution in [0.4, 0.5) is 13.2 Å². The topological polar surface area (TPSA) is 80.3 Å². The molecule has 1 fully saturated rings. The number of nitrogens with zero attached hydrogens (tertiary/aromatic N) is 1. The van der Waals surface area contributed by atoms with Crippen molar-refractivity contribution in [3.05, 3.63) is 17.7 Å². The van der Waals surface area contributed by atoms with Crippen LogP contribution in [0.3, 0.4) is 0 Å². The molecule has 0 saturated carbocycles. The number of hydrogen-bond acceptors (Lipinski definition) is 6. The van der Waals surface area contributed by atoms with Crippen LogP contribution in [0, 0.1) is 0 Å². The van der Waals surface area contributed by atoms with E-state index in [0.717, 1.165) is 32.7 Å². The fourth-order valence-corrected chi connectivity index (χ4v) is 2.35. The second kappa shape index (κ2) is 10.1. The minimum absolute atomic E-state index is 0.647. The minimum atomic E-state index is -5.08. The molecule has 1 aromatic carbocycles. The van der Waals surface area contributed by atoms with E-state index in [1.165, 1.54) is 5.56 Å². The lowest BCUT2D eigenvalue weighted by molar-refractivity contribution is -0.192. The molecule has 7 nitrogen and oxygen atoms in total. The van der Waals surface area contributed by atoms with Crippen molar-refractivity contribution in [1.29, 1.82) is 0 Å². The molecule has 26 heavy (non-hydrogen) atoms. The second-order valence-corrected chi connectivity index (χ2v) is 5.36. The summed E-state index contributed by atoms with van der Waals surface area (Å²) in [5, 5.41) is 10.5. The molecule has 2 N–H and O–H groups in total. The molecule has 0 aliphatic carbocycles. The van der Waals surface area contributed by atoms with Gasteiger partial charge in [-0.1, -0.05) is 0 Å². The van der Waals surface area contributed by atoms with Crippen molar-refractivity contribution in [2.75, 3.05) is 47.5 Å². The summed E-state index contributed by atoms with van der Waals surface area (Å²) < 4.78 is 47.8. The molecular formula is C16H23F3N2O5. The summed E-state index contributed by atoms with van der Waals surface area (Å²) >= 11 is 0. The van der Waals surface area contributed by atoms with E-state index in [1.54, 1.807) is 21.3 Å². The maximum absolute atomic E-state index is 10.6. The van der Waals surface area contributed by atoms with E-state index in [4.69, 9.17) is 24.1 Å². The third-order valence-electron chi connectivity index (χ3n) is 3.58. The summed E-state index contributed by atoms with van der Waals surface area (Å²) in [6.07, 6.45) is -5.08. The Hall–Kier alpha value is -2.20. The van der Waals surface area contributed by atoms with Gasteiger partial charge in [-0.05, 0) is 17.7 Å². The van der Waals surface area contributed by atoms with Gasteiger partial charge in [-0.15, -0.1) is 0 Å². The van der Waals surface area contributed by atoms with Crippen molar-refractivity contribution in [2.45, 2.75) is 12.7 Å². The van der Waals surface area contributed by atoms with E-state index in [2.05, 4.69) is 10.2 Å². The van der Waals surface area contributed by atoms with E-state index in [0.29, 0.717) is 17.2 Å². The molecular weight excluding hydrogens is 357 g/mol. The number of piperazine rings is 1. The molecule has 1 aliphatic heterocycles. The summed E-state index contributed by atoms with van der Waals surface area (Å²) in [5.41, 5.74) is 1.18. The van der Waals surface area contributed by atoms with Gasteiger partial charge < -0.3 is 24.6 Å². The Labute approximate surface area is 149 Å². The smallest absolute Gasteiger partial charge is 0.490 e. The average Bonchev–Trinajstić information content (AvgIpc) is 2.61. The molecule has 1 heterocycles. The van der Waals surface area contributed by atoms with Crippen LogP contribution in [0.25, 0.3) is 0 Å². The zero-order valence-corrected chi connectivity index (χ0v) is 14.9. The normalized spacial score (nSPS) is 14.8. The molecule has 0 unspecified atom stereocenters. The predicted octanol–water partition coefficient (Wildman–Crippen LogP) is 1.75. The Balaban J connectivity index is 0.000000412. The first-order chi connectivity index (χ1) is 12.2. The van der Waals surface area contributed by atoms with Crippen LogP contribution in [0.2, 0.25) is 0 Å². The summed E-state index contributed by atoms with van der Waals surface area (Å²) in [6.45, 7) is 5.13. The summed E-state index contributed by atoms with van der Waals surface area (Å²) in [5.74, 6) is -0.680. The lowest BCUT2D eigenvalue weighted by Crippen LogP contribution is -2.42. The lowest BCUT2D eigenvalue weighted by Gasteiger charge is -2.27. The van der Waals surface area contributed by atoms with Gasteiger partial charge in [0.2, 0.25) is 5.75 Å². The lowest BCUT2D eigenvalue weighted by atomic mass is 10.1. The van der Waals surface area contributed by atoms with Gasteiger partial charge in [0.25, 0.3) is 0 Å². The Morgan fingerprint density at radius 3 is 1.92 bits per heavy atom. The van der Waals surface area contributed by atoms with Crippen LogP contribution in [0.5, 0.6) is 17.2 Å². The van der Waals surface area contributed by atoms with E-state index in [-0.39, 0.29) is 0 Å². The maximum atomic E-state index is 10.6. The predicted molar refractivity (Wildman–Crippen MR) is 87.9 cm³/mol.